The van der Waals surface area contributed by atoms with Crippen molar-refractivity contribution in [2.75, 3.05) is 4.90 Å². The number of rotatable bonds is 5. The molecule has 5 heteroatoms. The summed E-state index contributed by atoms with van der Waals surface area (Å²) in [7, 11) is 0. The fraction of sp³-hybridized carbons (Fsp3) is 0. The molecular weight excluding hydrogens is 601 g/mol. The molecule has 0 aliphatic heterocycles. The molecule has 0 spiro atoms. The summed E-state index contributed by atoms with van der Waals surface area (Å²) in [6.07, 6.45) is 1.88. The van der Waals surface area contributed by atoms with Gasteiger partial charge in [0.25, 0.3) is 0 Å². The maximum absolute atomic E-state index is 6.84. The van der Waals surface area contributed by atoms with E-state index in [1.807, 2.05) is 30.5 Å². The van der Waals surface area contributed by atoms with E-state index in [-0.39, 0.29) is 0 Å². The van der Waals surface area contributed by atoms with Crippen molar-refractivity contribution in [1.82, 2.24) is 14.5 Å². The van der Waals surface area contributed by atoms with Crippen LogP contribution < -0.4 is 4.90 Å². The molecule has 0 saturated carbocycles. The van der Waals surface area contributed by atoms with Crippen LogP contribution in [0.3, 0.4) is 0 Å². The second-order valence-corrected chi connectivity index (χ2v) is 12.3. The molecule has 0 fully saturated rings. The molecule has 0 saturated heterocycles. The van der Waals surface area contributed by atoms with Gasteiger partial charge < -0.3 is 13.9 Å². The molecule has 0 atom stereocenters. The Balaban J connectivity index is 1.23. The van der Waals surface area contributed by atoms with E-state index in [0.717, 1.165) is 72.2 Å². The van der Waals surface area contributed by atoms with Gasteiger partial charge in [-0.3, -0.25) is 0 Å². The van der Waals surface area contributed by atoms with Gasteiger partial charge >= 0.3 is 0 Å². The van der Waals surface area contributed by atoms with Gasteiger partial charge in [0.1, 0.15) is 5.58 Å². The molecular formula is C44H28N4O. The normalized spacial score (nSPS) is 11.7. The van der Waals surface area contributed by atoms with E-state index in [1.165, 1.54) is 10.8 Å². The minimum atomic E-state index is 0.674. The van der Waals surface area contributed by atoms with Crippen molar-refractivity contribution in [3.05, 3.63) is 170 Å². The van der Waals surface area contributed by atoms with Gasteiger partial charge in [0.05, 0.1) is 27.9 Å². The second-order valence-electron chi connectivity index (χ2n) is 12.3. The monoisotopic (exact) mass is 628 g/mol. The summed E-state index contributed by atoms with van der Waals surface area (Å²) >= 11 is 0. The summed E-state index contributed by atoms with van der Waals surface area (Å²) in [6, 6.07) is 57.1. The molecule has 0 bridgehead atoms. The Morgan fingerprint density at radius 1 is 0.551 bits per heavy atom. The Morgan fingerprint density at radius 2 is 1.27 bits per heavy atom. The van der Waals surface area contributed by atoms with E-state index in [1.54, 1.807) is 0 Å². The molecule has 0 aliphatic carbocycles. The molecule has 49 heavy (non-hydrogen) atoms. The maximum atomic E-state index is 6.84. The number of fused-ring (bicyclic) bond motifs is 7. The summed E-state index contributed by atoms with van der Waals surface area (Å²) in [5.74, 6) is 0.674. The molecule has 10 rings (SSSR count). The van der Waals surface area contributed by atoms with Crippen LogP contribution >= 0.6 is 0 Å². The van der Waals surface area contributed by atoms with E-state index in [9.17, 15) is 0 Å². The highest BCUT2D eigenvalue weighted by atomic mass is 16.3. The predicted molar refractivity (Wildman–Crippen MR) is 201 cm³/mol. The van der Waals surface area contributed by atoms with E-state index in [0.29, 0.717) is 5.82 Å². The lowest BCUT2D eigenvalue weighted by molar-refractivity contribution is 0.669. The fourth-order valence-electron chi connectivity index (χ4n) is 7.22. The Bertz CT molecular complexity index is 2840. The summed E-state index contributed by atoms with van der Waals surface area (Å²) in [6.45, 7) is 0. The van der Waals surface area contributed by atoms with Crippen LogP contribution in [-0.4, -0.2) is 14.5 Å². The first-order valence-electron chi connectivity index (χ1n) is 16.4. The molecule has 3 aromatic heterocycles. The third-order valence-electron chi connectivity index (χ3n) is 9.41. The standard InChI is InChI=1S/C44H28N4O/c1-3-14-31(15-4-1)47(39-23-11-19-35-33-18-8-10-22-38(33)48(42(35)39)32-16-5-2-6-17-32)40-24-12-20-36-34-26-25-29(27-41(34)49-43(36)40)44-45-28-30-13-7-9-21-37(30)46-44/h1-28H. The van der Waals surface area contributed by atoms with E-state index in [4.69, 9.17) is 9.40 Å². The summed E-state index contributed by atoms with van der Waals surface area (Å²) in [5, 5.41) is 5.51. The van der Waals surface area contributed by atoms with Gasteiger partial charge in [-0.05, 0) is 60.7 Å². The third-order valence-corrected chi connectivity index (χ3v) is 9.41. The van der Waals surface area contributed by atoms with Crippen molar-refractivity contribution in [1.29, 1.82) is 0 Å². The van der Waals surface area contributed by atoms with Crippen molar-refractivity contribution in [3.63, 3.8) is 0 Å². The van der Waals surface area contributed by atoms with Gasteiger partial charge in [-0.15, -0.1) is 0 Å². The average Bonchev–Trinajstić information content (AvgIpc) is 3.72. The third kappa shape index (κ3) is 4.33. The topological polar surface area (TPSA) is 47.1 Å². The number of nitrogens with zero attached hydrogens (tertiary/aromatic N) is 4. The summed E-state index contributed by atoms with van der Waals surface area (Å²) in [4.78, 5) is 11.9. The largest absolute Gasteiger partial charge is 0.454 e. The molecule has 5 nitrogen and oxygen atoms in total. The Hall–Kier alpha value is -6.72. The first-order chi connectivity index (χ1) is 24.3. The minimum Gasteiger partial charge on any atom is -0.454 e. The van der Waals surface area contributed by atoms with E-state index < -0.39 is 0 Å². The van der Waals surface area contributed by atoms with Crippen LogP contribution in [0.25, 0.3) is 71.7 Å². The summed E-state index contributed by atoms with van der Waals surface area (Å²) in [5.41, 5.74) is 9.90. The predicted octanol–water partition coefficient (Wildman–Crippen LogP) is 11.8. The first-order valence-corrected chi connectivity index (χ1v) is 16.4. The van der Waals surface area contributed by atoms with Crippen LogP contribution in [0.4, 0.5) is 17.1 Å². The Morgan fingerprint density at radius 3 is 2.14 bits per heavy atom. The number of hydrogen-bond acceptors (Lipinski definition) is 4. The van der Waals surface area contributed by atoms with Crippen molar-refractivity contribution in [2.24, 2.45) is 0 Å². The summed E-state index contributed by atoms with van der Waals surface area (Å²) < 4.78 is 9.22. The molecule has 0 N–H and O–H groups in total. The van der Waals surface area contributed by atoms with Crippen LogP contribution in [-0.2, 0) is 0 Å². The Labute approximate surface area is 281 Å². The van der Waals surface area contributed by atoms with Crippen molar-refractivity contribution in [3.8, 4) is 17.1 Å². The molecule has 10 aromatic rings. The van der Waals surface area contributed by atoms with Crippen LogP contribution in [0, 0.1) is 0 Å². The highest BCUT2D eigenvalue weighted by Gasteiger charge is 2.24. The van der Waals surface area contributed by atoms with Crippen molar-refractivity contribution >= 4 is 71.7 Å². The lowest BCUT2D eigenvalue weighted by Gasteiger charge is -2.27. The van der Waals surface area contributed by atoms with Gasteiger partial charge in [-0.2, -0.15) is 0 Å². The zero-order valence-corrected chi connectivity index (χ0v) is 26.4. The number of para-hydroxylation sites is 6. The molecule has 0 aliphatic rings. The van der Waals surface area contributed by atoms with Gasteiger partial charge in [0, 0.05) is 50.1 Å². The SMILES string of the molecule is c1ccc(N(c2cccc3c2oc2cc(-c4ncc5ccccc5n4)ccc23)c2cccc3c4ccccc4n(-c4ccccc4)c23)cc1. The zero-order chi connectivity index (χ0) is 32.3. The quantitative estimate of drug-likeness (QED) is 0.190. The number of benzene rings is 7. The first kappa shape index (κ1) is 27.4. The van der Waals surface area contributed by atoms with Crippen molar-refractivity contribution in [2.45, 2.75) is 0 Å². The van der Waals surface area contributed by atoms with Gasteiger partial charge in [0.15, 0.2) is 11.4 Å². The maximum Gasteiger partial charge on any atom is 0.159 e. The Kier molecular flexibility index (Phi) is 6.11. The highest BCUT2D eigenvalue weighted by molar-refractivity contribution is 6.16. The lowest BCUT2D eigenvalue weighted by atomic mass is 10.1. The number of furan rings is 1. The van der Waals surface area contributed by atoms with Gasteiger partial charge in [-0.1, -0.05) is 103 Å². The van der Waals surface area contributed by atoms with E-state index in [2.05, 4.69) is 154 Å². The van der Waals surface area contributed by atoms with Crippen LogP contribution in [0.1, 0.15) is 0 Å². The minimum absolute atomic E-state index is 0.674. The van der Waals surface area contributed by atoms with Gasteiger partial charge in [0.2, 0.25) is 0 Å². The van der Waals surface area contributed by atoms with E-state index >= 15 is 0 Å². The number of aromatic nitrogens is 3. The molecule has 7 aromatic carbocycles. The smallest absolute Gasteiger partial charge is 0.159 e. The molecule has 0 unspecified atom stereocenters. The number of hydrogen-bond donors (Lipinski definition) is 0. The van der Waals surface area contributed by atoms with Gasteiger partial charge in [-0.25, -0.2) is 9.97 Å². The molecule has 0 amide bonds. The molecule has 3 heterocycles. The van der Waals surface area contributed by atoms with Crippen LogP contribution in [0.2, 0.25) is 0 Å². The number of anilines is 3. The fourth-order valence-corrected chi connectivity index (χ4v) is 7.22. The molecule has 0 radical (unpaired) electrons. The average molecular weight is 629 g/mol. The zero-order valence-electron chi connectivity index (χ0n) is 26.4. The van der Waals surface area contributed by atoms with Crippen LogP contribution in [0.15, 0.2) is 174 Å². The highest BCUT2D eigenvalue weighted by Crippen LogP contribution is 2.46. The van der Waals surface area contributed by atoms with Crippen molar-refractivity contribution < 1.29 is 4.42 Å². The second kappa shape index (κ2) is 10.9. The lowest BCUT2D eigenvalue weighted by Crippen LogP contribution is -2.11. The van der Waals surface area contributed by atoms with Crippen LogP contribution in [0.5, 0.6) is 0 Å². The molecule has 230 valence electrons.